The monoisotopic (exact) mass is 382 g/mol. The molecule has 1 aromatic rings. The van der Waals surface area contributed by atoms with Gasteiger partial charge in [-0.15, -0.1) is 11.8 Å². The van der Waals surface area contributed by atoms with Crippen LogP contribution in [-0.4, -0.2) is 73.6 Å². The van der Waals surface area contributed by atoms with Crippen LogP contribution in [0.3, 0.4) is 0 Å². The summed E-state index contributed by atoms with van der Waals surface area (Å²) in [4.78, 5) is 17.8. The Bertz CT molecular complexity index is 741. The van der Waals surface area contributed by atoms with E-state index in [1.165, 1.54) is 11.1 Å². The molecule has 3 rings (SSSR count). The summed E-state index contributed by atoms with van der Waals surface area (Å²) in [7, 11) is -2.85. The number of hydrogen-bond acceptors (Lipinski definition) is 5. The number of carbonyl (C=O) groups is 1. The van der Waals surface area contributed by atoms with Gasteiger partial charge in [-0.05, 0) is 31.9 Å². The molecule has 138 valence electrons. The number of nitrogens with zero attached hydrogens (tertiary/aromatic N) is 2. The van der Waals surface area contributed by atoms with Crippen molar-refractivity contribution in [2.75, 3.05) is 43.4 Å². The largest absolute Gasteiger partial charge is 0.339 e. The predicted octanol–water partition coefficient (Wildman–Crippen LogP) is 1.73. The summed E-state index contributed by atoms with van der Waals surface area (Å²) >= 11 is 1.60. The summed E-state index contributed by atoms with van der Waals surface area (Å²) in [6.45, 7) is 7.10. The summed E-state index contributed by atoms with van der Waals surface area (Å²) in [6, 6.07) is 6.45. The van der Waals surface area contributed by atoms with Gasteiger partial charge in [0.15, 0.2) is 9.84 Å². The first-order chi connectivity index (χ1) is 11.8. The molecular weight excluding hydrogens is 356 g/mol. The molecule has 0 radical (unpaired) electrons. The fourth-order valence-corrected chi connectivity index (χ4v) is 6.27. The highest BCUT2D eigenvalue weighted by Crippen LogP contribution is 2.24. The van der Waals surface area contributed by atoms with Gasteiger partial charge in [0.25, 0.3) is 0 Å². The molecule has 2 saturated heterocycles. The molecule has 1 amide bonds. The maximum absolute atomic E-state index is 12.5. The van der Waals surface area contributed by atoms with Crippen LogP contribution < -0.4 is 0 Å². The van der Waals surface area contributed by atoms with Crippen molar-refractivity contribution in [3.05, 3.63) is 29.3 Å². The second-order valence-corrected chi connectivity index (χ2v) is 10.3. The molecule has 5 nitrogen and oxygen atoms in total. The van der Waals surface area contributed by atoms with Gasteiger partial charge in [-0.2, -0.15) is 0 Å². The Labute approximate surface area is 154 Å². The molecule has 2 fully saturated rings. The Morgan fingerprint density at radius 3 is 2.52 bits per heavy atom. The smallest absolute Gasteiger partial charge is 0.233 e. The first-order valence-electron chi connectivity index (χ1n) is 8.76. The number of amides is 1. The summed E-state index contributed by atoms with van der Waals surface area (Å²) in [5.41, 5.74) is 2.45. The second-order valence-electron chi connectivity index (χ2n) is 7.03. The average molecular weight is 383 g/mol. The van der Waals surface area contributed by atoms with Gasteiger partial charge in [-0.25, -0.2) is 8.42 Å². The van der Waals surface area contributed by atoms with Crippen molar-refractivity contribution in [3.63, 3.8) is 0 Å². The van der Waals surface area contributed by atoms with Crippen LogP contribution in [0.4, 0.5) is 0 Å². The molecular formula is C18H26N2O3S2. The number of thioether (sulfide) groups is 1. The molecule has 0 bridgehead atoms. The number of carbonyl (C=O) groups excluding carboxylic acids is 1. The number of hydrogen-bond donors (Lipinski definition) is 0. The highest BCUT2D eigenvalue weighted by atomic mass is 32.2. The van der Waals surface area contributed by atoms with Gasteiger partial charge in [0, 0.05) is 37.1 Å². The minimum atomic E-state index is -2.85. The molecule has 2 aliphatic rings. The highest BCUT2D eigenvalue weighted by Gasteiger charge is 2.34. The minimum Gasteiger partial charge on any atom is -0.339 e. The lowest BCUT2D eigenvalue weighted by Gasteiger charge is -2.37. The topological polar surface area (TPSA) is 57.7 Å². The summed E-state index contributed by atoms with van der Waals surface area (Å²) < 4.78 is 23.3. The van der Waals surface area contributed by atoms with Crippen molar-refractivity contribution in [1.82, 2.24) is 9.80 Å². The minimum absolute atomic E-state index is 0.145. The molecule has 0 aromatic heterocycles. The van der Waals surface area contributed by atoms with Crippen LogP contribution in [0.25, 0.3) is 0 Å². The van der Waals surface area contributed by atoms with E-state index >= 15 is 0 Å². The van der Waals surface area contributed by atoms with Crippen LogP contribution in [0.15, 0.2) is 23.1 Å². The van der Waals surface area contributed by atoms with Gasteiger partial charge in [-0.1, -0.05) is 17.7 Å². The van der Waals surface area contributed by atoms with Crippen molar-refractivity contribution in [1.29, 1.82) is 0 Å². The molecule has 2 aliphatic heterocycles. The van der Waals surface area contributed by atoms with Crippen LogP contribution in [0, 0.1) is 13.8 Å². The fourth-order valence-electron chi connectivity index (χ4n) is 3.59. The summed E-state index contributed by atoms with van der Waals surface area (Å²) in [6.07, 6.45) is 0.735. The lowest BCUT2D eigenvalue weighted by atomic mass is 10.2. The summed E-state index contributed by atoms with van der Waals surface area (Å²) in [5, 5.41) is 0. The molecule has 0 N–H and O–H groups in total. The lowest BCUT2D eigenvalue weighted by molar-refractivity contribution is -0.130. The Morgan fingerprint density at radius 1 is 1.20 bits per heavy atom. The van der Waals surface area contributed by atoms with E-state index in [4.69, 9.17) is 0 Å². The highest BCUT2D eigenvalue weighted by molar-refractivity contribution is 8.00. The second kappa shape index (κ2) is 7.68. The molecule has 7 heteroatoms. The normalized spacial score (nSPS) is 23.8. The first kappa shape index (κ1) is 18.7. The number of piperazine rings is 1. The van der Waals surface area contributed by atoms with Gasteiger partial charge < -0.3 is 4.90 Å². The van der Waals surface area contributed by atoms with Gasteiger partial charge in [0.1, 0.15) is 0 Å². The van der Waals surface area contributed by atoms with Crippen LogP contribution in [0.1, 0.15) is 17.5 Å². The Morgan fingerprint density at radius 2 is 1.92 bits per heavy atom. The molecule has 2 heterocycles. The Kier molecular flexibility index (Phi) is 5.75. The average Bonchev–Trinajstić information content (AvgIpc) is 2.94. The van der Waals surface area contributed by atoms with Gasteiger partial charge in [0.2, 0.25) is 5.91 Å². The molecule has 0 spiro atoms. The first-order valence-corrected chi connectivity index (χ1v) is 11.6. The zero-order valence-corrected chi connectivity index (χ0v) is 16.5. The summed E-state index contributed by atoms with van der Waals surface area (Å²) in [5.74, 6) is 1.22. The molecule has 0 aliphatic carbocycles. The van der Waals surface area contributed by atoms with E-state index < -0.39 is 9.84 Å². The maximum atomic E-state index is 12.5. The van der Waals surface area contributed by atoms with Gasteiger partial charge in [0.05, 0.1) is 17.3 Å². The maximum Gasteiger partial charge on any atom is 0.233 e. The van der Waals surface area contributed by atoms with Gasteiger partial charge >= 0.3 is 0 Å². The fraction of sp³-hybridized carbons (Fsp3) is 0.611. The van der Waals surface area contributed by atoms with E-state index in [1.807, 2.05) is 4.90 Å². The number of aryl methyl sites for hydroxylation is 2. The van der Waals surface area contributed by atoms with E-state index in [1.54, 1.807) is 11.8 Å². The van der Waals surface area contributed by atoms with E-state index in [-0.39, 0.29) is 17.7 Å². The van der Waals surface area contributed by atoms with Crippen molar-refractivity contribution in [2.45, 2.75) is 31.2 Å². The number of sulfone groups is 1. The molecule has 1 aromatic carbocycles. The van der Waals surface area contributed by atoms with Crippen molar-refractivity contribution in [3.8, 4) is 0 Å². The third-order valence-electron chi connectivity index (χ3n) is 5.07. The van der Waals surface area contributed by atoms with Crippen LogP contribution in [0.5, 0.6) is 0 Å². The Hall–Kier alpha value is -1.05. The zero-order valence-electron chi connectivity index (χ0n) is 14.9. The lowest BCUT2D eigenvalue weighted by Crippen LogP contribution is -2.52. The van der Waals surface area contributed by atoms with E-state index in [0.717, 1.165) is 24.4 Å². The van der Waals surface area contributed by atoms with Crippen LogP contribution >= 0.6 is 11.8 Å². The van der Waals surface area contributed by atoms with Crippen molar-refractivity contribution < 1.29 is 13.2 Å². The van der Waals surface area contributed by atoms with E-state index in [0.29, 0.717) is 24.6 Å². The third-order valence-corrected chi connectivity index (χ3v) is 7.98. The van der Waals surface area contributed by atoms with E-state index in [9.17, 15) is 13.2 Å². The molecule has 0 saturated carbocycles. The third kappa shape index (κ3) is 4.77. The van der Waals surface area contributed by atoms with Gasteiger partial charge in [-0.3, -0.25) is 9.69 Å². The van der Waals surface area contributed by atoms with Crippen molar-refractivity contribution >= 4 is 27.5 Å². The predicted molar refractivity (Wildman–Crippen MR) is 102 cm³/mol. The SMILES string of the molecule is Cc1ccc(SCC(=O)N2CCN(C3CCS(=O)(=O)C3)CC2)c(C)c1. The number of benzene rings is 1. The standard InChI is InChI=1S/C18H26N2O3S2/c1-14-3-4-17(15(2)11-14)24-12-18(21)20-8-6-19(7-9-20)16-5-10-25(22,23)13-16/h3-4,11,16H,5-10,12-13H2,1-2H3. The Balaban J connectivity index is 1.47. The molecule has 25 heavy (non-hydrogen) atoms. The quantitative estimate of drug-likeness (QED) is 0.743. The molecule has 1 unspecified atom stereocenters. The number of rotatable bonds is 4. The molecule has 1 atom stereocenters. The van der Waals surface area contributed by atoms with E-state index in [2.05, 4.69) is 36.9 Å². The van der Waals surface area contributed by atoms with Crippen LogP contribution in [-0.2, 0) is 14.6 Å². The van der Waals surface area contributed by atoms with Crippen LogP contribution in [0.2, 0.25) is 0 Å². The zero-order chi connectivity index (χ0) is 18.0. The van der Waals surface area contributed by atoms with Crippen molar-refractivity contribution in [2.24, 2.45) is 0 Å².